The molecule has 6 nitrogen and oxygen atoms in total. The highest BCUT2D eigenvalue weighted by Gasteiger charge is 2.27. The van der Waals surface area contributed by atoms with Gasteiger partial charge >= 0.3 is 0 Å². The van der Waals surface area contributed by atoms with Gasteiger partial charge in [0.25, 0.3) is 0 Å². The fourth-order valence-corrected chi connectivity index (χ4v) is 4.54. The zero-order chi connectivity index (χ0) is 18.3. The van der Waals surface area contributed by atoms with Crippen LogP contribution in [0.2, 0.25) is 0 Å². The molecular formula is C19H16N4O2S. The molecule has 0 saturated heterocycles. The average molecular weight is 364 g/mol. The van der Waals surface area contributed by atoms with Crippen LogP contribution in [0.1, 0.15) is 11.4 Å². The molecule has 7 heteroatoms. The molecule has 4 aromatic rings. The van der Waals surface area contributed by atoms with E-state index in [2.05, 4.69) is 15.1 Å². The number of fused-ring (bicyclic) bond motifs is 1. The molecule has 0 spiro atoms. The van der Waals surface area contributed by atoms with E-state index in [1.54, 1.807) is 54.2 Å². The van der Waals surface area contributed by atoms with E-state index in [1.165, 1.54) is 0 Å². The first-order chi connectivity index (χ1) is 12.5. The first-order valence-electron chi connectivity index (χ1n) is 8.06. The van der Waals surface area contributed by atoms with Gasteiger partial charge in [0.1, 0.15) is 4.90 Å². The Morgan fingerprint density at radius 3 is 2.35 bits per heavy atom. The number of hydrogen-bond donors (Lipinski definition) is 0. The van der Waals surface area contributed by atoms with Crippen molar-refractivity contribution in [2.24, 2.45) is 0 Å². The molecule has 4 rings (SSSR count). The highest BCUT2D eigenvalue weighted by atomic mass is 32.2. The first-order valence-corrected chi connectivity index (χ1v) is 9.54. The Balaban J connectivity index is 2.05. The number of nitrogens with zero attached hydrogens (tertiary/aromatic N) is 4. The summed E-state index contributed by atoms with van der Waals surface area (Å²) in [7, 11) is -3.73. The summed E-state index contributed by atoms with van der Waals surface area (Å²) in [5.74, 6) is 0. The van der Waals surface area contributed by atoms with Crippen LogP contribution >= 0.6 is 0 Å². The summed E-state index contributed by atoms with van der Waals surface area (Å²) in [5, 5.41) is 4.48. The quantitative estimate of drug-likeness (QED) is 0.558. The molecule has 0 unspecified atom stereocenters. The van der Waals surface area contributed by atoms with Gasteiger partial charge in [-0.05, 0) is 44.2 Å². The fraction of sp³-hybridized carbons (Fsp3) is 0.105. The minimum absolute atomic E-state index is 0.141. The van der Waals surface area contributed by atoms with Gasteiger partial charge in [-0.2, -0.15) is 5.10 Å². The molecule has 0 amide bonds. The lowest BCUT2D eigenvalue weighted by molar-refractivity contribution is 0.596. The van der Waals surface area contributed by atoms with Crippen LogP contribution in [0.3, 0.4) is 0 Å². The summed E-state index contributed by atoms with van der Waals surface area (Å²) in [6.45, 7) is 3.53. The van der Waals surface area contributed by atoms with Crippen molar-refractivity contribution in [1.82, 2.24) is 19.6 Å². The Bertz CT molecular complexity index is 1200. The number of aromatic nitrogens is 4. The topological polar surface area (TPSA) is 77.2 Å². The molecule has 0 aliphatic rings. The molecule has 26 heavy (non-hydrogen) atoms. The molecular weight excluding hydrogens is 348 g/mol. The number of hydrogen-bond acceptors (Lipinski definition) is 5. The Kier molecular flexibility index (Phi) is 3.81. The Morgan fingerprint density at radius 2 is 1.65 bits per heavy atom. The maximum Gasteiger partial charge on any atom is 0.212 e. The number of sulfone groups is 1. The SMILES string of the molecule is Cc1cc(-c2ccncc2)n2nc(C)c(S(=O)(=O)c3ccccc3)c2n1. The minimum Gasteiger partial charge on any atom is -0.265 e. The monoisotopic (exact) mass is 364 g/mol. The Hall–Kier alpha value is -3.06. The average Bonchev–Trinajstić information content (AvgIpc) is 2.99. The standard InChI is InChI=1S/C19H16N4O2S/c1-13-12-17(15-8-10-20-11-9-15)23-19(21-13)18(14(2)22-23)26(24,25)16-6-4-3-5-7-16/h3-12H,1-2H3. The third-order valence-electron chi connectivity index (χ3n) is 4.14. The van der Waals surface area contributed by atoms with Crippen LogP contribution in [0, 0.1) is 13.8 Å². The van der Waals surface area contributed by atoms with E-state index in [-0.39, 0.29) is 9.79 Å². The molecule has 3 aromatic heterocycles. The molecule has 3 heterocycles. The van der Waals surface area contributed by atoms with E-state index in [1.807, 2.05) is 25.1 Å². The second-order valence-corrected chi connectivity index (χ2v) is 7.87. The second-order valence-electron chi connectivity index (χ2n) is 5.99. The number of pyridine rings is 1. The van der Waals surface area contributed by atoms with Crippen molar-refractivity contribution in [2.75, 3.05) is 0 Å². The minimum atomic E-state index is -3.73. The molecule has 0 bridgehead atoms. The summed E-state index contributed by atoms with van der Waals surface area (Å²) in [4.78, 5) is 8.88. The lowest BCUT2D eigenvalue weighted by Crippen LogP contribution is -2.05. The zero-order valence-electron chi connectivity index (χ0n) is 14.3. The maximum absolute atomic E-state index is 13.2. The molecule has 0 N–H and O–H groups in total. The summed E-state index contributed by atoms with van der Waals surface area (Å²) in [6, 6.07) is 14.0. The highest BCUT2D eigenvalue weighted by molar-refractivity contribution is 7.91. The number of benzene rings is 1. The highest BCUT2D eigenvalue weighted by Crippen LogP contribution is 2.30. The predicted octanol–water partition coefficient (Wildman–Crippen LogP) is 3.24. The van der Waals surface area contributed by atoms with Crippen molar-refractivity contribution >= 4 is 15.5 Å². The van der Waals surface area contributed by atoms with E-state index < -0.39 is 9.84 Å². The maximum atomic E-state index is 13.2. The van der Waals surface area contributed by atoms with E-state index in [0.717, 1.165) is 11.3 Å². The van der Waals surface area contributed by atoms with Gasteiger partial charge in [-0.25, -0.2) is 17.9 Å². The summed E-state index contributed by atoms with van der Waals surface area (Å²) >= 11 is 0. The number of aryl methyl sites for hydroxylation is 2. The molecule has 0 saturated carbocycles. The van der Waals surface area contributed by atoms with E-state index in [0.29, 0.717) is 17.0 Å². The van der Waals surface area contributed by atoms with Gasteiger partial charge in [-0.1, -0.05) is 18.2 Å². The lowest BCUT2D eigenvalue weighted by atomic mass is 10.2. The van der Waals surface area contributed by atoms with Crippen molar-refractivity contribution in [2.45, 2.75) is 23.6 Å². The zero-order valence-corrected chi connectivity index (χ0v) is 15.1. The van der Waals surface area contributed by atoms with Gasteiger partial charge < -0.3 is 0 Å². The van der Waals surface area contributed by atoms with Gasteiger partial charge in [0.2, 0.25) is 9.84 Å². The molecule has 130 valence electrons. The van der Waals surface area contributed by atoms with Crippen molar-refractivity contribution in [1.29, 1.82) is 0 Å². The van der Waals surface area contributed by atoms with Crippen LogP contribution in [0.15, 0.2) is 70.7 Å². The third kappa shape index (κ3) is 2.57. The normalized spacial score (nSPS) is 11.8. The van der Waals surface area contributed by atoms with E-state index >= 15 is 0 Å². The van der Waals surface area contributed by atoms with Crippen molar-refractivity contribution in [3.63, 3.8) is 0 Å². The van der Waals surface area contributed by atoms with Crippen LogP contribution in [0.4, 0.5) is 0 Å². The summed E-state index contributed by atoms with van der Waals surface area (Å²) in [6.07, 6.45) is 3.38. The molecule has 0 aliphatic heterocycles. The predicted molar refractivity (Wildman–Crippen MR) is 97.6 cm³/mol. The largest absolute Gasteiger partial charge is 0.265 e. The molecule has 0 fully saturated rings. The van der Waals surface area contributed by atoms with Crippen molar-refractivity contribution < 1.29 is 8.42 Å². The fourth-order valence-electron chi connectivity index (χ4n) is 2.99. The van der Waals surface area contributed by atoms with E-state index in [9.17, 15) is 8.42 Å². The van der Waals surface area contributed by atoms with Gasteiger partial charge in [0.05, 0.1) is 16.3 Å². The Labute approximate surface area is 151 Å². The van der Waals surface area contributed by atoms with Gasteiger partial charge in [0, 0.05) is 23.7 Å². The smallest absolute Gasteiger partial charge is 0.212 e. The van der Waals surface area contributed by atoms with Gasteiger partial charge in [-0.3, -0.25) is 4.98 Å². The van der Waals surface area contributed by atoms with Gasteiger partial charge in [0.15, 0.2) is 5.65 Å². The van der Waals surface area contributed by atoms with Gasteiger partial charge in [-0.15, -0.1) is 0 Å². The van der Waals surface area contributed by atoms with E-state index in [4.69, 9.17) is 0 Å². The molecule has 0 aliphatic carbocycles. The molecule has 0 atom stereocenters. The first kappa shape index (κ1) is 16.4. The number of rotatable bonds is 3. The van der Waals surface area contributed by atoms with Crippen LogP contribution < -0.4 is 0 Å². The van der Waals surface area contributed by atoms with Crippen LogP contribution in [0.25, 0.3) is 16.9 Å². The van der Waals surface area contributed by atoms with Crippen LogP contribution in [0.5, 0.6) is 0 Å². The van der Waals surface area contributed by atoms with Crippen LogP contribution in [-0.4, -0.2) is 28.0 Å². The summed E-state index contributed by atoms with van der Waals surface area (Å²) in [5.41, 5.74) is 3.13. The summed E-state index contributed by atoms with van der Waals surface area (Å²) < 4.78 is 28.0. The Morgan fingerprint density at radius 1 is 0.962 bits per heavy atom. The molecule has 0 radical (unpaired) electrons. The molecule has 1 aromatic carbocycles. The third-order valence-corrected chi connectivity index (χ3v) is 6.04. The van der Waals surface area contributed by atoms with Crippen molar-refractivity contribution in [3.8, 4) is 11.3 Å². The van der Waals surface area contributed by atoms with Crippen molar-refractivity contribution in [3.05, 3.63) is 72.3 Å². The second kappa shape index (κ2) is 6.03. The van der Waals surface area contributed by atoms with Crippen LogP contribution in [-0.2, 0) is 9.84 Å². The lowest BCUT2D eigenvalue weighted by Gasteiger charge is -2.07.